The van der Waals surface area contributed by atoms with Gasteiger partial charge in [0.2, 0.25) is 0 Å². The summed E-state index contributed by atoms with van der Waals surface area (Å²) in [4.78, 5) is 19.0. The lowest BCUT2D eigenvalue weighted by atomic mass is 9.94. The number of fused-ring (bicyclic) bond motifs is 1. The summed E-state index contributed by atoms with van der Waals surface area (Å²) < 4.78 is 44.6. The van der Waals surface area contributed by atoms with Crippen molar-refractivity contribution in [2.24, 2.45) is 0 Å². The van der Waals surface area contributed by atoms with Gasteiger partial charge in [0.15, 0.2) is 5.69 Å². The molecule has 3 N–H and O–H groups in total. The third kappa shape index (κ3) is 3.12. The zero-order valence-corrected chi connectivity index (χ0v) is 14.3. The predicted octanol–water partition coefficient (Wildman–Crippen LogP) is 3.91. The lowest BCUT2D eigenvalue weighted by molar-refractivity contribution is -0.141. The van der Waals surface area contributed by atoms with Gasteiger partial charge in [0.25, 0.3) is 0 Å². The van der Waals surface area contributed by atoms with Gasteiger partial charge < -0.3 is 15.6 Å². The van der Waals surface area contributed by atoms with Crippen LogP contribution in [0, 0.1) is 6.92 Å². The largest absolute Gasteiger partial charge is 0.496 e. The van der Waals surface area contributed by atoms with Crippen LogP contribution >= 0.6 is 0 Å². The lowest BCUT2D eigenvalue weighted by Crippen LogP contribution is -2.11. The first-order valence-corrected chi connectivity index (χ1v) is 7.68. The number of anilines is 1. The van der Waals surface area contributed by atoms with Gasteiger partial charge in [-0.1, -0.05) is 12.1 Å². The summed E-state index contributed by atoms with van der Waals surface area (Å²) in [5.74, 6) is -0.849. The first kappa shape index (κ1) is 18.4. The summed E-state index contributed by atoms with van der Waals surface area (Å²) >= 11 is 0. The van der Waals surface area contributed by atoms with E-state index in [0.717, 1.165) is 6.07 Å². The molecule has 0 aliphatic rings. The van der Waals surface area contributed by atoms with Crippen molar-refractivity contribution >= 4 is 22.7 Å². The van der Waals surface area contributed by atoms with Gasteiger partial charge >= 0.3 is 12.1 Å². The molecule has 9 heteroatoms. The Hall–Kier alpha value is -3.36. The molecule has 27 heavy (non-hydrogen) atoms. The van der Waals surface area contributed by atoms with Gasteiger partial charge in [0.05, 0.1) is 35.6 Å². The van der Waals surface area contributed by atoms with E-state index in [1.807, 2.05) is 0 Å². The van der Waals surface area contributed by atoms with Crippen molar-refractivity contribution in [2.75, 3.05) is 12.8 Å². The average molecular weight is 377 g/mol. The van der Waals surface area contributed by atoms with Crippen molar-refractivity contribution in [3.8, 4) is 16.9 Å². The number of hydrogen-bond donors (Lipinski definition) is 2. The van der Waals surface area contributed by atoms with Crippen LogP contribution in [0.4, 0.5) is 18.9 Å². The van der Waals surface area contributed by atoms with Crippen LogP contribution in [0.3, 0.4) is 0 Å². The van der Waals surface area contributed by atoms with Crippen LogP contribution in [0.2, 0.25) is 0 Å². The molecule has 0 aliphatic heterocycles. The first-order valence-electron chi connectivity index (χ1n) is 7.68. The Morgan fingerprint density at radius 1 is 1.30 bits per heavy atom. The van der Waals surface area contributed by atoms with E-state index >= 15 is 0 Å². The maximum atomic E-state index is 13.1. The van der Waals surface area contributed by atoms with E-state index in [9.17, 15) is 23.1 Å². The molecule has 0 amide bonds. The van der Waals surface area contributed by atoms with Gasteiger partial charge in [-0.05, 0) is 30.2 Å². The van der Waals surface area contributed by atoms with Crippen LogP contribution in [-0.2, 0) is 6.18 Å². The summed E-state index contributed by atoms with van der Waals surface area (Å²) in [7, 11) is 1.45. The Morgan fingerprint density at radius 2 is 2.00 bits per heavy atom. The van der Waals surface area contributed by atoms with Gasteiger partial charge in [-0.2, -0.15) is 13.2 Å². The summed E-state index contributed by atoms with van der Waals surface area (Å²) in [6, 6.07) is 6.02. The zero-order chi connectivity index (χ0) is 19.9. The zero-order valence-electron chi connectivity index (χ0n) is 14.3. The van der Waals surface area contributed by atoms with Gasteiger partial charge in [0, 0.05) is 5.56 Å². The van der Waals surface area contributed by atoms with E-state index in [4.69, 9.17) is 10.5 Å². The second kappa shape index (κ2) is 6.42. The smallest absolute Gasteiger partial charge is 0.434 e. The Bertz CT molecular complexity index is 1070. The summed E-state index contributed by atoms with van der Waals surface area (Å²) in [6.45, 7) is 1.69. The maximum Gasteiger partial charge on any atom is 0.434 e. The Morgan fingerprint density at radius 3 is 2.59 bits per heavy atom. The van der Waals surface area contributed by atoms with Gasteiger partial charge in [-0.25, -0.2) is 9.78 Å². The lowest BCUT2D eigenvalue weighted by Gasteiger charge is -2.16. The molecule has 0 saturated heterocycles. The van der Waals surface area contributed by atoms with Crippen LogP contribution in [0.1, 0.15) is 21.6 Å². The predicted molar refractivity (Wildman–Crippen MR) is 92.6 cm³/mol. The van der Waals surface area contributed by atoms with Gasteiger partial charge in [-0.3, -0.25) is 4.98 Å². The number of aromatic nitrogens is 2. The number of carbonyl (C=O) groups is 1. The Kier molecular flexibility index (Phi) is 4.38. The molecule has 0 fully saturated rings. The van der Waals surface area contributed by atoms with E-state index in [2.05, 4.69) is 9.97 Å². The standard InChI is InChI=1S/C18H14F3N3O3/c1-8-9(4-3-5-12(8)27-2)14-15(22)10(17(25)26)6-11-16(14)24-13(7-23-11)18(19,20)21/h3-7H,22H2,1-2H3,(H,25,26). The summed E-state index contributed by atoms with van der Waals surface area (Å²) in [5, 5.41) is 9.42. The quantitative estimate of drug-likeness (QED) is 0.672. The number of rotatable bonds is 3. The van der Waals surface area contributed by atoms with Crippen molar-refractivity contribution in [3.05, 3.63) is 47.3 Å². The molecule has 0 saturated carbocycles. The van der Waals surface area contributed by atoms with Crippen LogP contribution in [0.25, 0.3) is 22.2 Å². The number of carboxylic acids is 1. The number of ether oxygens (including phenoxy) is 1. The van der Waals surface area contributed by atoms with E-state index in [0.29, 0.717) is 23.1 Å². The topological polar surface area (TPSA) is 98.3 Å². The third-order valence-corrected chi connectivity index (χ3v) is 4.17. The second-order valence-corrected chi connectivity index (χ2v) is 5.77. The molecular formula is C18H14F3N3O3. The fourth-order valence-corrected chi connectivity index (χ4v) is 2.86. The SMILES string of the molecule is COc1cccc(-c2c(N)c(C(=O)O)cc3ncc(C(F)(F)F)nc23)c1C. The molecule has 3 aromatic rings. The molecular weight excluding hydrogens is 363 g/mol. The van der Waals surface area contributed by atoms with E-state index in [1.165, 1.54) is 7.11 Å². The van der Waals surface area contributed by atoms with Crippen molar-refractivity contribution in [1.29, 1.82) is 0 Å². The fraction of sp³-hybridized carbons (Fsp3) is 0.167. The molecule has 0 spiro atoms. The van der Waals surface area contributed by atoms with Crippen molar-refractivity contribution in [3.63, 3.8) is 0 Å². The molecule has 0 bridgehead atoms. The number of nitrogens with two attached hydrogens (primary N) is 1. The number of hydrogen-bond acceptors (Lipinski definition) is 5. The summed E-state index contributed by atoms with van der Waals surface area (Å²) in [5.41, 5.74) is 5.29. The number of aromatic carboxylic acids is 1. The van der Waals surface area contributed by atoms with Gasteiger partial charge in [-0.15, -0.1) is 0 Å². The highest BCUT2D eigenvalue weighted by Gasteiger charge is 2.34. The summed E-state index contributed by atoms with van der Waals surface area (Å²) in [6.07, 6.45) is -4.14. The minimum Gasteiger partial charge on any atom is -0.496 e. The van der Waals surface area contributed by atoms with Crippen LogP contribution < -0.4 is 10.5 Å². The monoisotopic (exact) mass is 377 g/mol. The number of carboxylic acid groups (broad SMARTS) is 1. The van der Waals surface area contributed by atoms with E-state index < -0.39 is 17.8 Å². The second-order valence-electron chi connectivity index (χ2n) is 5.77. The average Bonchev–Trinajstić information content (AvgIpc) is 2.60. The minimum absolute atomic E-state index is 0.00757. The molecule has 0 radical (unpaired) electrons. The number of benzene rings is 2. The van der Waals surface area contributed by atoms with Crippen molar-refractivity contribution in [1.82, 2.24) is 9.97 Å². The van der Waals surface area contributed by atoms with Crippen LogP contribution in [-0.4, -0.2) is 28.2 Å². The molecule has 1 aromatic heterocycles. The van der Waals surface area contributed by atoms with E-state index in [1.54, 1.807) is 25.1 Å². The Balaban J connectivity index is 2.48. The maximum absolute atomic E-state index is 13.1. The molecule has 140 valence electrons. The van der Waals surface area contributed by atoms with Crippen molar-refractivity contribution in [2.45, 2.75) is 13.1 Å². The molecule has 2 aromatic carbocycles. The van der Waals surface area contributed by atoms with Crippen LogP contribution in [0.15, 0.2) is 30.5 Å². The molecule has 1 heterocycles. The number of nitrogens with zero attached hydrogens (tertiary/aromatic N) is 2. The third-order valence-electron chi connectivity index (χ3n) is 4.17. The number of alkyl halides is 3. The minimum atomic E-state index is -4.71. The fourth-order valence-electron chi connectivity index (χ4n) is 2.86. The highest BCUT2D eigenvalue weighted by molar-refractivity contribution is 6.08. The first-order chi connectivity index (χ1) is 12.6. The normalized spacial score (nSPS) is 11.6. The molecule has 6 nitrogen and oxygen atoms in total. The van der Waals surface area contributed by atoms with Crippen LogP contribution in [0.5, 0.6) is 5.75 Å². The molecule has 0 atom stereocenters. The Labute approximate surface area is 151 Å². The van der Waals surface area contributed by atoms with E-state index in [-0.39, 0.29) is 27.8 Å². The number of nitrogen functional groups attached to an aromatic ring is 1. The van der Waals surface area contributed by atoms with Gasteiger partial charge in [0.1, 0.15) is 5.75 Å². The number of methoxy groups -OCH3 is 1. The highest BCUT2D eigenvalue weighted by Crippen LogP contribution is 2.40. The number of halogens is 3. The molecule has 0 aliphatic carbocycles. The molecule has 0 unspecified atom stereocenters. The molecule has 3 rings (SSSR count). The highest BCUT2D eigenvalue weighted by atomic mass is 19.4. The van der Waals surface area contributed by atoms with Crippen molar-refractivity contribution < 1.29 is 27.8 Å².